The number of nitrogens with zero attached hydrogens (tertiary/aromatic N) is 1. The summed E-state index contributed by atoms with van der Waals surface area (Å²) in [5.74, 6) is 1.29. The van der Waals surface area contributed by atoms with Crippen LogP contribution in [0.4, 0.5) is 13.2 Å². The highest BCUT2D eigenvalue weighted by atomic mass is 127. The zero-order valence-corrected chi connectivity index (χ0v) is 19.1. The second-order valence-electron chi connectivity index (χ2n) is 6.43. The van der Waals surface area contributed by atoms with E-state index < -0.39 is 12.8 Å². The van der Waals surface area contributed by atoms with Crippen molar-refractivity contribution in [2.24, 2.45) is 10.9 Å². The average molecular weight is 517 g/mol. The molecule has 0 aliphatic heterocycles. The smallest absolute Gasteiger partial charge is 0.422 e. The molecule has 0 heterocycles. The third kappa shape index (κ3) is 11.6. The van der Waals surface area contributed by atoms with Crippen molar-refractivity contribution < 1.29 is 22.6 Å². The van der Waals surface area contributed by atoms with Crippen LogP contribution in [0.5, 0.6) is 5.75 Å². The molecule has 28 heavy (non-hydrogen) atoms. The Labute approximate surface area is 182 Å². The lowest BCUT2D eigenvalue weighted by molar-refractivity contribution is -0.153. The summed E-state index contributed by atoms with van der Waals surface area (Å²) in [6.45, 7) is 6.89. The summed E-state index contributed by atoms with van der Waals surface area (Å²) in [7, 11) is 1.69. The molecule has 1 aromatic rings. The van der Waals surface area contributed by atoms with Gasteiger partial charge in [-0.05, 0) is 37.0 Å². The molecule has 2 N–H and O–H groups in total. The first-order chi connectivity index (χ1) is 12.7. The molecule has 0 saturated heterocycles. The summed E-state index contributed by atoms with van der Waals surface area (Å²) < 4.78 is 46.8. The molecular formula is C19H31F3IN3O2. The summed E-state index contributed by atoms with van der Waals surface area (Å²) in [4.78, 5) is 4.17. The first-order valence-electron chi connectivity index (χ1n) is 9.09. The van der Waals surface area contributed by atoms with Gasteiger partial charge in [-0.25, -0.2) is 0 Å². The number of rotatable bonds is 10. The van der Waals surface area contributed by atoms with E-state index >= 15 is 0 Å². The van der Waals surface area contributed by atoms with Crippen molar-refractivity contribution in [2.45, 2.75) is 46.0 Å². The number of hydrogen-bond donors (Lipinski definition) is 2. The molecule has 0 radical (unpaired) electrons. The molecule has 1 unspecified atom stereocenters. The summed E-state index contributed by atoms with van der Waals surface area (Å²) in [6.07, 6.45) is -3.27. The van der Waals surface area contributed by atoms with Gasteiger partial charge in [0.15, 0.2) is 12.6 Å². The van der Waals surface area contributed by atoms with Crippen LogP contribution in [0.2, 0.25) is 0 Å². The second kappa shape index (κ2) is 13.9. The van der Waals surface area contributed by atoms with Crippen LogP contribution >= 0.6 is 24.0 Å². The summed E-state index contributed by atoms with van der Waals surface area (Å²) in [6, 6.07) is 6.48. The second-order valence-corrected chi connectivity index (χ2v) is 6.43. The van der Waals surface area contributed by atoms with Crippen molar-refractivity contribution in [2.75, 3.05) is 26.8 Å². The van der Waals surface area contributed by atoms with Crippen LogP contribution in [-0.2, 0) is 11.3 Å². The molecule has 0 aliphatic carbocycles. The van der Waals surface area contributed by atoms with Crippen LogP contribution < -0.4 is 15.4 Å². The SMILES string of the molecule is CCOC(CCNC(=NC)NCc1ccc(OCC(F)(F)F)cc1)C(C)C.I. The van der Waals surface area contributed by atoms with E-state index in [2.05, 4.69) is 29.5 Å². The van der Waals surface area contributed by atoms with Crippen LogP contribution in [0.1, 0.15) is 32.8 Å². The van der Waals surface area contributed by atoms with Gasteiger partial charge in [0.25, 0.3) is 0 Å². The third-order valence-corrected chi connectivity index (χ3v) is 3.86. The van der Waals surface area contributed by atoms with Crippen molar-refractivity contribution >= 4 is 29.9 Å². The maximum absolute atomic E-state index is 12.1. The summed E-state index contributed by atoms with van der Waals surface area (Å²) in [5.41, 5.74) is 0.909. The van der Waals surface area contributed by atoms with Gasteiger partial charge in [0.05, 0.1) is 6.10 Å². The minimum atomic E-state index is -4.34. The van der Waals surface area contributed by atoms with Gasteiger partial charge in [0.2, 0.25) is 0 Å². The van der Waals surface area contributed by atoms with E-state index in [1.165, 1.54) is 12.1 Å². The van der Waals surface area contributed by atoms with Crippen LogP contribution in [-0.4, -0.2) is 45.0 Å². The maximum atomic E-state index is 12.1. The van der Waals surface area contributed by atoms with Crippen molar-refractivity contribution in [3.63, 3.8) is 0 Å². The van der Waals surface area contributed by atoms with Crippen LogP contribution in [0.15, 0.2) is 29.3 Å². The van der Waals surface area contributed by atoms with Gasteiger partial charge < -0.3 is 20.1 Å². The van der Waals surface area contributed by atoms with Gasteiger partial charge >= 0.3 is 6.18 Å². The van der Waals surface area contributed by atoms with E-state index in [0.717, 1.165) is 18.5 Å². The molecule has 0 spiro atoms. The first-order valence-corrected chi connectivity index (χ1v) is 9.09. The third-order valence-electron chi connectivity index (χ3n) is 3.86. The lowest BCUT2D eigenvalue weighted by Crippen LogP contribution is -2.38. The molecular weight excluding hydrogens is 486 g/mol. The molecule has 0 amide bonds. The maximum Gasteiger partial charge on any atom is 0.422 e. The zero-order chi connectivity index (χ0) is 20.3. The van der Waals surface area contributed by atoms with E-state index in [4.69, 9.17) is 9.47 Å². The molecule has 1 atom stereocenters. The van der Waals surface area contributed by atoms with E-state index in [1.54, 1.807) is 19.2 Å². The predicted molar refractivity (Wildman–Crippen MR) is 116 cm³/mol. The van der Waals surface area contributed by atoms with Gasteiger partial charge in [0.1, 0.15) is 5.75 Å². The fraction of sp³-hybridized carbons (Fsp3) is 0.632. The summed E-state index contributed by atoms with van der Waals surface area (Å²) >= 11 is 0. The number of benzene rings is 1. The number of guanidine groups is 1. The highest BCUT2D eigenvalue weighted by Gasteiger charge is 2.28. The number of aliphatic imine (C=N–C) groups is 1. The molecule has 1 aromatic carbocycles. The molecule has 0 aromatic heterocycles. The van der Waals surface area contributed by atoms with Crippen LogP contribution in [0, 0.1) is 5.92 Å². The quantitative estimate of drug-likeness (QED) is 0.275. The zero-order valence-electron chi connectivity index (χ0n) is 16.8. The number of alkyl halides is 3. The van der Waals surface area contributed by atoms with Crippen LogP contribution in [0.25, 0.3) is 0 Å². The normalized spacial score (nSPS) is 13.1. The molecule has 0 saturated carbocycles. The van der Waals surface area contributed by atoms with Crippen molar-refractivity contribution in [3.05, 3.63) is 29.8 Å². The van der Waals surface area contributed by atoms with Crippen molar-refractivity contribution in [3.8, 4) is 5.75 Å². The molecule has 1 rings (SSSR count). The summed E-state index contributed by atoms with van der Waals surface area (Å²) in [5, 5.41) is 6.41. The Morgan fingerprint density at radius 1 is 1.14 bits per heavy atom. The van der Waals surface area contributed by atoms with Gasteiger partial charge in [-0.1, -0.05) is 26.0 Å². The molecule has 162 valence electrons. The lowest BCUT2D eigenvalue weighted by atomic mass is 10.0. The number of ether oxygens (including phenoxy) is 2. The molecule has 0 bridgehead atoms. The van der Waals surface area contributed by atoms with Gasteiger partial charge in [-0.3, -0.25) is 4.99 Å². The van der Waals surface area contributed by atoms with Gasteiger partial charge in [-0.2, -0.15) is 13.2 Å². The highest BCUT2D eigenvalue weighted by Crippen LogP contribution is 2.18. The van der Waals surface area contributed by atoms with E-state index in [0.29, 0.717) is 25.0 Å². The Bertz CT molecular complexity index is 567. The van der Waals surface area contributed by atoms with Gasteiger partial charge in [-0.15, -0.1) is 24.0 Å². The highest BCUT2D eigenvalue weighted by molar-refractivity contribution is 14.0. The minimum Gasteiger partial charge on any atom is -0.484 e. The Hall–Kier alpha value is -1.23. The Morgan fingerprint density at radius 3 is 2.29 bits per heavy atom. The van der Waals surface area contributed by atoms with Crippen LogP contribution in [0.3, 0.4) is 0 Å². The fourth-order valence-corrected chi connectivity index (χ4v) is 2.43. The predicted octanol–water partition coefficient (Wildman–Crippen LogP) is 4.36. The molecule has 0 aliphatic rings. The number of halogens is 4. The first kappa shape index (κ1) is 26.8. The van der Waals surface area contributed by atoms with Crippen molar-refractivity contribution in [1.29, 1.82) is 0 Å². The number of hydrogen-bond acceptors (Lipinski definition) is 3. The standard InChI is InChI=1S/C19H30F3N3O2.HI/c1-5-26-17(14(2)3)10-11-24-18(23-4)25-12-15-6-8-16(9-7-15)27-13-19(20,21)22;/h6-9,14,17H,5,10-13H2,1-4H3,(H2,23,24,25);1H. The van der Waals surface area contributed by atoms with E-state index in [9.17, 15) is 13.2 Å². The van der Waals surface area contributed by atoms with E-state index in [-0.39, 0.29) is 35.8 Å². The lowest BCUT2D eigenvalue weighted by Gasteiger charge is -2.21. The van der Waals surface area contributed by atoms with Crippen molar-refractivity contribution in [1.82, 2.24) is 10.6 Å². The Kier molecular flexibility index (Phi) is 13.3. The van der Waals surface area contributed by atoms with E-state index in [1.807, 2.05) is 6.92 Å². The monoisotopic (exact) mass is 517 g/mol. The Morgan fingerprint density at radius 2 is 1.79 bits per heavy atom. The fourth-order valence-electron chi connectivity index (χ4n) is 2.43. The average Bonchev–Trinajstić information content (AvgIpc) is 2.62. The molecule has 5 nitrogen and oxygen atoms in total. The minimum absolute atomic E-state index is 0. The Balaban J connectivity index is 0.00000729. The topological polar surface area (TPSA) is 54.9 Å². The largest absolute Gasteiger partial charge is 0.484 e. The van der Waals surface area contributed by atoms with Gasteiger partial charge in [0, 0.05) is 26.7 Å². The molecule has 9 heteroatoms. The number of nitrogens with one attached hydrogen (secondary N) is 2. The molecule has 0 fully saturated rings.